The standard InChI is InChI=1S/C8H14N4O2S/c1-12-7(13)10-11-8(12)15-5-6-4-9-2-3-14-6/h6,9H,2-5H2,1H3,(H,10,13). The van der Waals surface area contributed by atoms with Crippen LogP contribution in [0.25, 0.3) is 0 Å². The Morgan fingerprint density at radius 1 is 1.73 bits per heavy atom. The number of thioether (sulfide) groups is 1. The molecule has 0 saturated carbocycles. The van der Waals surface area contributed by atoms with Crippen molar-refractivity contribution < 1.29 is 4.74 Å². The molecule has 1 unspecified atom stereocenters. The molecule has 0 radical (unpaired) electrons. The van der Waals surface area contributed by atoms with E-state index in [9.17, 15) is 4.79 Å². The molecule has 0 aromatic carbocycles. The molecule has 2 heterocycles. The van der Waals surface area contributed by atoms with Crippen LogP contribution in [0, 0.1) is 0 Å². The van der Waals surface area contributed by atoms with Crippen LogP contribution in [0.5, 0.6) is 0 Å². The minimum Gasteiger partial charge on any atom is -0.375 e. The van der Waals surface area contributed by atoms with Gasteiger partial charge in [-0.15, -0.1) is 5.10 Å². The van der Waals surface area contributed by atoms with Gasteiger partial charge in [0, 0.05) is 25.9 Å². The fourth-order valence-corrected chi connectivity index (χ4v) is 2.29. The maximum absolute atomic E-state index is 11.1. The fourth-order valence-electron chi connectivity index (χ4n) is 1.36. The van der Waals surface area contributed by atoms with E-state index in [0.717, 1.165) is 25.4 Å². The van der Waals surface area contributed by atoms with E-state index in [-0.39, 0.29) is 11.8 Å². The highest BCUT2D eigenvalue weighted by Gasteiger charge is 2.15. The molecule has 2 N–H and O–H groups in total. The van der Waals surface area contributed by atoms with Gasteiger partial charge >= 0.3 is 5.69 Å². The molecule has 1 aliphatic rings. The lowest BCUT2D eigenvalue weighted by atomic mass is 10.3. The van der Waals surface area contributed by atoms with Crippen molar-refractivity contribution in [3.63, 3.8) is 0 Å². The molecular weight excluding hydrogens is 216 g/mol. The zero-order valence-corrected chi connectivity index (χ0v) is 9.34. The molecule has 6 nitrogen and oxygen atoms in total. The summed E-state index contributed by atoms with van der Waals surface area (Å²) in [7, 11) is 1.70. The lowest BCUT2D eigenvalue weighted by Crippen LogP contribution is -2.39. The van der Waals surface area contributed by atoms with Gasteiger partial charge in [-0.1, -0.05) is 11.8 Å². The fraction of sp³-hybridized carbons (Fsp3) is 0.750. The molecule has 0 aliphatic carbocycles. The van der Waals surface area contributed by atoms with Crippen LogP contribution in [-0.2, 0) is 11.8 Å². The Morgan fingerprint density at radius 2 is 2.60 bits per heavy atom. The minimum atomic E-state index is -0.180. The van der Waals surface area contributed by atoms with Gasteiger partial charge in [0.15, 0.2) is 5.16 Å². The van der Waals surface area contributed by atoms with E-state index in [1.165, 1.54) is 16.3 Å². The zero-order valence-electron chi connectivity index (χ0n) is 8.52. The molecule has 0 spiro atoms. The first kappa shape index (κ1) is 10.7. The van der Waals surface area contributed by atoms with E-state index in [2.05, 4.69) is 15.5 Å². The third-order valence-electron chi connectivity index (χ3n) is 2.24. The average Bonchev–Trinajstić information content (AvgIpc) is 2.59. The van der Waals surface area contributed by atoms with E-state index in [1.807, 2.05) is 0 Å². The Hall–Kier alpha value is -0.790. The predicted molar refractivity (Wildman–Crippen MR) is 57.2 cm³/mol. The first-order valence-electron chi connectivity index (χ1n) is 4.84. The van der Waals surface area contributed by atoms with Crippen LogP contribution in [0.3, 0.4) is 0 Å². The molecule has 15 heavy (non-hydrogen) atoms. The average molecular weight is 230 g/mol. The molecule has 1 aliphatic heterocycles. The quantitative estimate of drug-likeness (QED) is 0.664. The van der Waals surface area contributed by atoms with Gasteiger partial charge in [0.05, 0.1) is 12.7 Å². The van der Waals surface area contributed by atoms with Crippen molar-refractivity contribution in [2.45, 2.75) is 11.3 Å². The van der Waals surface area contributed by atoms with E-state index >= 15 is 0 Å². The molecular formula is C8H14N4O2S. The van der Waals surface area contributed by atoms with Crippen molar-refractivity contribution in [3.05, 3.63) is 10.5 Å². The van der Waals surface area contributed by atoms with Crippen molar-refractivity contribution in [2.24, 2.45) is 7.05 Å². The summed E-state index contributed by atoms with van der Waals surface area (Å²) in [4.78, 5) is 11.1. The second kappa shape index (κ2) is 4.82. The van der Waals surface area contributed by atoms with E-state index in [4.69, 9.17) is 4.74 Å². The van der Waals surface area contributed by atoms with Gasteiger partial charge in [-0.25, -0.2) is 9.89 Å². The summed E-state index contributed by atoms with van der Waals surface area (Å²) in [6.45, 7) is 2.54. The molecule has 1 atom stereocenters. The van der Waals surface area contributed by atoms with Gasteiger partial charge in [-0.3, -0.25) is 4.57 Å². The number of nitrogens with zero attached hydrogens (tertiary/aromatic N) is 2. The van der Waals surface area contributed by atoms with Crippen LogP contribution in [0.2, 0.25) is 0 Å². The first-order valence-corrected chi connectivity index (χ1v) is 5.82. The predicted octanol–water partition coefficient (Wildman–Crippen LogP) is -0.811. The number of aromatic nitrogens is 3. The number of aromatic amines is 1. The van der Waals surface area contributed by atoms with Crippen molar-refractivity contribution in [1.29, 1.82) is 0 Å². The third kappa shape index (κ3) is 2.61. The molecule has 2 rings (SSSR count). The maximum Gasteiger partial charge on any atom is 0.343 e. The molecule has 1 aromatic heterocycles. The number of morpholine rings is 1. The highest BCUT2D eigenvalue weighted by atomic mass is 32.2. The Bertz CT molecular complexity index is 369. The van der Waals surface area contributed by atoms with Gasteiger partial charge in [-0.2, -0.15) is 0 Å². The number of nitrogens with one attached hydrogen (secondary N) is 2. The second-order valence-corrected chi connectivity index (χ2v) is 4.37. The van der Waals surface area contributed by atoms with E-state index in [0.29, 0.717) is 5.16 Å². The van der Waals surface area contributed by atoms with E-state index in [1.54, 1.807) is 7.05 Å². The number of hydrogen-bond acceptors (Lipinski definition) is 5. The maximum atomic E-state index is 11.1. The normalized spacial score (nSPS) is 21.8. The minimum absolute atomic E-state index is 0.180. The summed E-state index contributed by atoms with van der Waals surface area (Å²) in [6, 6.07) is 0. The molecule has 84 valence electrons. The van der Waals surface area contributed by atoms with Gasteiger partial charge in [-0.05, 0) is 0 Å². The molecule has 0 amide bonds. The third-order valence-corrected chi connectivity index (χ3v) is 3.40. The van der Waals surface area contributed by atoms with Crippen molar-refractivity contribution in [3.8, 4) is 0 Å². The summed E-state index contributed by atoms with van der Waals surface area (Å²) in [5.41, 5.74) is -0.180. The molecule has 1 fully saturated rings. The van der Waals surface area contributed by atoms with Gasteiger partial charge in [0.1, 0.15) is 0 Å². The van der Waals surface area contributed by atoms with Crippen LogP contribution >= 0.6 is 11.8 Å². The van der Waals surface area contributed by atoms with Crippen molar-refractivity contribution in [2.75, 3.05) is 25.4 Å². The van der Waals surface area contributed by atoms with Crippen LogP contribution in [0.15, 0.2) is 9.95 Å². The highest BCUT2D eigenvalue weighted by Crippen LogP contribution is 2.15. The molecule has 1 aromatic rings. The monoisotopic (exact) mass is 230 g/mol. The highest BCUT2D eigenvalue weighted by molar-refractivity contribution is 7.99. The number of ether oxygens (including phenoxy) is 1. The van der Waals surface area contributed by atoms with Crippen LogP contribution < -0.4 is 11.0 Å². The Balaban J connectivity index is 1.87. The van der Waals surface area contributed by atoms with E-state index < -0.39 is 0 Å². The number of hydrogen-bond donors (Lipinski definition) is 2. The first-order chi connectivity index (χ1) is 7.27. The smallest absolute Gasteiger partial charge is 0.343 e. The number of H-pyrrole nitrogens is 1. The summed E-state index contributed by atoms with van der Waals surface area (Å²) in [5.74, 6) is 0.811. The van der Waals surface area contributed by atoms with Gasteiger partial charge < -0.3 is 10.1 Å². The lowest BCUT2D eigenvalue weighted by Gasteiger charge is -2.22. The summed E-state index contributed by atoms with van der Waals surface area (Å²) in [5, 5.41) is 10.3. The van der Waals surface area contributed by atoms with Gasteiger partial charge in [0.25, 0.3) is 0 Å². The summed E-state index contributed by atoms with van der Waals surface area (Å²) < 4.78 is 7.04. The zero-order chi connectivity index (χ0) is 10.7. The summed E-state index contributed by atoms with van der Waals surface area (Å²) in [6.07, 6.45) is 0.204. The van der Waals surface area contributed by atoms with Gasteiger partial charge in [0.2, 0.25) is 0 Å². The SMILES string of the molecule is Cn1c(SCC2CNCCO2)n[nH]c1=O. The topological polar surface area (TPSA) is 71.9 Å². The summed E-state index contributed by atoms with van der Waals surface area (Å²) >= 11 is 1.53. The Kier molecular flexibility index (Phi) is 3.45. The molecule has 0 bridgehead atoms. The Morgan fingerprint density at radius 3 is 3.20 bits per heavy atom. The second-order valence-electron chi connectivity index (χ2n) is 3.38. The lowest BCUT2D eigenvalue weighted by molar-refractivity contribution is 0.0440. The van der Waals surface area contributed by atoms with Crippen LogP contribution in [0.1, 0.15) is 0 Å². The van der Waals surface area contributed by atoms with Crippen LogP contribution in [0.4, 0.5) is 0 Å². The number of rotatable bonds is 3. The molecule has 1 saturated heterocycles. The molecule has 7 heteroatoms. The van der Waals surface area contributed by atoms with Crippen molar-refractivity contribution >= 4 is 11.8 Å². The van der Waals surface area contributed by atoms with Crippen LogP contribution in [-0.4, -0.2) is 46.3 Å². The Labute approximate surface area is 91.4 Å². The largest absolute Gasteiger partial charge is 0.375 e. The van der Waals surface area contributed by atoms with Crippen molar-refractivity contribution in [1.82, 2.24) is 20.1 Å².